The second-order valence-corrected chi connectivity index (χ2v) is 5.95. The van der Waals surface area contributed by atoms with Gasteiger partial charge in [-0.15, -0.1) is 0 Å². The molecule has 1 aromatic rings. The number of aromatic amines is 1. The summed E-state index contributed by atoms with van der Waals surface area (Å²) in [6, 6.07) is 3.70. The van der Waals surface area contributed by atoms with Crippen LogP contribution in [0.15, 0.2) is 18.3 Å². The van der Waals surface area contributed by atoms with E-state index in [4.69, 9.17) is 14.4 Å². The van der Waals surface area contributed by atoms with Crippen LogP contribution in [0.1, 0.15) is 45.6 Å². The molecular weight excluding hydrogens is 245 g/mol. The van der Waals surface area contributed by atoms with Crippen LogP contribution in [0.4, 0.5) is 0 Å². The molecule has 2 N–H and O–H groups in total. The van der Waals surface area contributed by atoms with E-state index in [1.54, 1.807) is 6.20 Å². The SMILES string of the molecule is CC1(C)OB(C(CC(=O)O)c2ccc[nH]2)OC1(C)C. The van der Waals surface area contributed by atoms with Crippen molar-refractivity contribution in [1.29, 1.82) is 0 Å². The Morgan fingerprint density at radius 3 is 2.37 bits per heavy atom. The normalized spacial score (nSPS) is 22.4. The van der Waals surface area contributed by atoms with Crippen molar-refractivity contribution in [2.75, 3.05) is 0 Å². The Bertz CT molecular complexity index is 439. The molecule has 0 aromatic carbocycles. The van der Waals surface area contributed by atoms with Crippen molar-refractivity contribution in [1.82, 2.24) is 4.98 Å². The van der Waals surface area contributed by atoms with Crippen LogP contribution in [-0.4, -0.2) is 34.4 Å². The lowest BCUT2D eigenvalue weighted by Crippen LogP contribution is -2.41. The smallest absolute Gasteiger partial charge is 0.467 e. The van der Waals surface area contributed by atoms with E-state index in [1.807, 2.05) is 39.8 Å². The summed E-state index contributed by atoms with van der Waals surface area (Å²) < 4.78 is 11.9. The molecule has 0 amide bonds. The average molecular weight is 265 g/mol. The minimum absolute atomic E-state index is 0.0304. The molecule has 0 saturated carbocycles. The number of carbonyl (C=O) groups is 1. The van der Waals surface area contributed by atoms with Crippen LogP contribution in [0.25, 0.3) is 0 Å². The van der Waals surface area contributed by atoms with Gasteiger partial charge in [0.2, 0.25) is 0 Å². The molecule has 1 saturated heterocycles. The average Bonchev–Trinajstić information content (AvgIpc) is 2.82. The third-order valence-electron chi connectivity index (χ3n) is 4.02. The van der Waals surface area contributed by atoms with E-state index >= 15 is 0 Å². The molecule has 104 valence electrons. The van der Waals surface area contributed by atoms with Gasteiger partial charge in [0.25, 0.3) is 0 Å². The minimum atomic E-state index is -0.866. The molecule has 1 aromatic heterocycles. The zero-order valence-corrected chi connectivity index (χ0v) is 11.8. The van der Waals surface area contributed by atoms with E-state index in [1.165, 1.54) is 0 Å². The summed E-state index contributed by atoms with van der Waals surface area (Å²) in [5.74, 6) is -1.21. The van der Waals surface area contributed by atoms with E-state index in [0.717, 1.165) is 5.69 Å². The van der Waals surface area contributed by atoms with Gasteiger partial charge in [-0.25, -0.2) is 0 Å². The Morgan fingerprint density at radius 2 is 1.95 bits per heavy atom. The molecule has 6 heteroatoms. The standard InChI is InChI=1S/C13H20BNO4/c1-12(2)13(3,4)19-14(18-12)9(8-11(16)17)10-6-5-7-15-10/h5-7,9,15H,8H2,1-4H3,(H,16,17). The molecule has 2 rings (SSSR count). The van der Waals surface area contributed by atoms with E-state index in [2.05, 4.69) is 4.98 Å². The van der Waals surface area contributed by atoms with Crippen molar-refractivity contribution in [3.05, 3.63) is 24.0 Å². The number of aliphatic carboxylic acids is 1. The van der Waals surface area contributed by atoms with E-state index in [-0.39, 0.29) is 12.2 Å². The Balaban J connectivity index is 2.24. The van der Waals surface area contributed by atoms with Crippen LogP contribution in [0.2, 0.25) is 0 Å². The molecule has 0 radical (unpaired) electrons. The predicted molar refractivity (Wildman–Crippen MR) is 71.9 cm³/mol. The third kappa shape index (κ3) is 2.69. The first-order valence-electron chi connectivity index (χ1n) is 6.44. The van der Waals surface area contributed by atoms with Crippen LogP contribution in [-0.2, 0) is 14.1 Å². The maximum atomic E-state index is 11.1. The van der Waals surface area contributed by atoms with Gasteiger partial charge in [-0.05, 0) is 39.8 Å². The van der Waals surface area contributed by atoms with Gasteiger partial charge in [-0.3, -0.25) is 4.79 Å². The molecule has 1 aliphatic rings. The topological polar surface area (TPSA) is 71.5 Å². The molecule has 1 aliphatic heterocycles. The number of nitrogens with one attached hydrogen (secondary N) is 1. The van der Waals surface area contributed by atoms with Crippen LogP contribution in [0.3, 0.4) is 0 Å². The van der Waals surface area contributed by atoms with Gasteiger partial charge in [0, 0.05) is 17.7 Å². The van der Waals surface area contributed by atoms with Crippen LogP contribution < -0.4 is 0 Å². The number of aromatic nitrogens is 1. The predicted octanol–water partition coefficient (Wildman–Crippen LogP) is 2.20. The number of hydrogen-bond acceptors (Lipinski definition) is 3. The molecule has 2 heterocycles. The van der Waals surface area contributed by atoms with Crippen LogP contribution in [0.5, 0.6) is 0 Å². The molecule has 0 bridgehead atoms. The molecule has 1 unspecified atom stereocenters. The summed E-state index contributed by atoms with van der Waals surface area (Å²) in [5, 5.41) is 9.08. The molecular formula is C13H20BNO4. The van der Waals surface area contributed by atoms with Crippen molar-refractivity contribution >= 4 is 13.1 Å². The maximum absolute atomic E-state index is 11.1. The van der Waals surface area contributed by atoms with Crippen LogP contribution in [0, 0.1) is 0 Å². The van der Waals surface area contributed by atoms with Crippen molar-refractivity contribution in [2.45, 2.75) is 51.1 Å². The largest absolute Gasteiger partial charge is 0.481 e. The maximum Gasteiger partial charge on any atom is 0.467 e. The Morgan fingerprint density at radius 1 is 1.37 bits per heavy atom. The highest BCUT2D eigenvalue weighted by Crippen LogP contribution is 2.41. The van der Waals surface area contributed by atoms with Gasteiger partial charge in [0.05, 0.1) is 17.6 Å². The summed E-state index contributed by atoms with van der Waals surface area (Å²) in [6.07, 6.45) is 1.74. The summed E-state index contributed by atoms with van der Waals surface area (Å²) in [6.45, 7) is 7.83. The molecule has 1 atom stereocenters. The Labute approximate surface area is 113 Å². The van der Waals surface area contributed by atoms with Gasteiger partial charge in [-0.1, -0.05) is 0 Å². The van der Waals surface area contributed by atoms with Gasteiger partial charge in [0.15, 0.2) is 0 Å². The van der Waals surface area contributed by atoms with E-state index < -0.39 is 24.3 Å². The number of hydrogen-bond donors (Lipinski definition) is 2. The fraction of sp³-hybridized carbons (Fsp3) is 0.615. The van der Waals surface area contributed by atoms with Crippen molar-refractivity contribution in [3.8, 4) is 0 Å². The number of carboxylic acids is 1. The minimum Gasteiger partial charge on any atom is -0.481 e. The number of H-pyrrole nitrogens is 1. The number of carboxylic acid groups (broad SMARTS) is 1. The monoisotopic (exact) mass is 265 g/mol. The lowest BCUT2D eigenvalue weighted by Gasteiger charge is -2.32. The highest BCUT2D eigenvalue weighted by atomic mass is 16.7. The zero-order valence-electron chi connectivity index (χ0n) is 11.8. The molecule has 19 heavy (non-hydrogen) atoms. The quantitative estimate of drug-likeness (QED) is 0.818. The second-order valence-electron chi connectivity index (χ2n) is 5.95. The van der Waals surface area contributed by atoms with Gasteiger partial charge < -0.3 is 19.4 Å². The second kappa shape index (κ2) is 4.69. The Kier molecular flexibility index (Phi) is 3.49. The van der Waals surface area contributed by atoms with Gasteiger partial charge in [0.1, 0.15) is 0 Å². The highest BCUT2D eigenvalue weighted by Gasteiger charge is 2.54. The lowest BCUT2D eigenvalue weighted by molar-refractivity contribution is -0.137. The van der Waals surface area contributed by atoms with Crippen molar-refractivity contribution in [2.24, 2.45) is 0 Å². The summed E-state index contributed by atoms with van der Waals surface area (Å²) in [4.78, 5) is 14.1. The van der Waals surface area contributed by atoms with Gasteiger partial charge in [-0.2, -0.15) is 0 Å². The van der Waals surface area contributed by atoms with Crippen molar-refractivity contribution < 1.29 is 19.2 Å². The highest BCUT2D eigenvalue weighted by molar-refractivity contribution is 6.48. The van der Waals surface area contributed by atoms with Crippen LogP contribution >= 0.6 is 0 Å². The van der Waals surface area contributed by atoms with Gasteiger partial charge >= 0.3 is 13.1 Å². The fourth-order valence-electron chi connectivity index (χ4n) is 2.17. The third-order valence-corrected chi connectivity index (χ3v) is 4.02. The summed E-state index contributed by atoms with van der Waals surface area (Å²) >= 11 is 0. The number of rotatable bonds is 4. The first-order chi connectivity index (χ1) is 8.73. The summed E-state index contributed by atoms with van der Waals surface area (Å²) in [7, 11) is -0.556. The van der Waals surface area contributed by atoms with Crippen molar-refractivity contribution in [3.63, 3.8) is 0 Å². The molecule has 0 aliphatic carbocycles. The Hall–Kier alpha value is -1.27. The first-order valence-corrected chi connectivity index (χ1v) is 6.44. The summed E-state index contributed by atoms with van der Waals surface area (Å²) in [5.41, 5.74) is -0.0944. The molecule has 1 fully saturated rings. The van der Waals surface area contributed by atoms with E-state index in [0.29, 0.717) is 0 Å². The van der Waals surface area contributed by atoms with E-state index in [9.17, 15) is 4.79 Å². The molecule has 5 nitrogen and oxygen atoms in total. The molecule has 0 spiro atoms. The zero-order chi connectivity index (χ0) is 14.3. The fourth-order valence-corrected chi connectivity index (χ4v) is 2.17. The lowest BCUT2D eigenvalue weighted by atomic mass is 9.68. The first kappa shape index (κ1) is 14.2.